The van der Waals surface area contributed by atoms with Crippen molar-refractivity contribution in [2.75, 3.05) is 11.9 Å². The molecule has 0 N–H and O–H groups in total. The van der Waals surface area contributed by atoms with Crippen LogP contribution in [0.5, 0.6) is 0 Å². The maximum atomic E-state index is 10.9. The molecule has 0 amide bonds. The second-order valence-electron chi connectivity index (χ2n) is 4.90. The quantitative estimate of drug-likeness (QED) is 0.623. The Morgan fingerprint density at radius 2 is 2.05 bits per heavy atom. The Labute approximate surface area is 123 Å². The molecule has 6 heteroatoms. The smallest absolute Gasteiger partial charge is 0.290 e. The van der Waals surface area contributed by atoms with E-state index < -0.39 is 4.92 Å². The largest absolute Gasteiger partial charge is 0.353 e. The van der Waals surface area contributed by atoms with E-state index >= 15 is 0 Å². The molecule has 1 atom stereocenters. The fourth-order valence-electron chi connectivity index (χ4n) is 2.40. The fraction of sp³-hybridized carbons (Fsp3) is 0.333. The lowest BCUT2D eigenvalue weighted by Crippen LogP contribution is -2.24. The Morgan fingerprint density at radius 3 is 2.57 bits per heavy atom. The topological polar surface area (TPSA) is 72.2 Å². The first kappa shape index (κ1) is 14.9. The number of aryl methyl sites for hydroxylation is 1. The van der Waals surface area contributed by atoms with Crippen molar-refractivity contribution >= 4 is 11.5 Å². The molecule has 0 aliphatic rings. The van der Waals surface area contributed by atoms with Gasteiger partial charge in [0.05, 0.1) is 11.0 Å². The molecule has 0 radical (unpaired) electrons. The minimum atomic E-state index is -0.410. The minimum Gasteiger partial charge on any atom is -0.353 e. The molecule has 0 bridgehead atoms. The van der Waals surface area contributed by atoms with Crippen LogP contribution in [0.15, 0.2) is 36.8 Å². The monoisotopic (exact) mass is 286 g/mol. The number of anilines is 1. The standard InChI is InChI=1S/C15H18N4O2/c1-4-13(12-5-7-16-8-6-12)18(3)15-9-11(2)14(10-17-15)19(20)21/h5-10,13H,4H2,1-3H3. The number of hydrogen-bond donors (Lipinski definition) is 0. The number of rotatable bonds is 5. The second kappa shape index (κ2) is 6.30. The van der Waals surface area contributed by atoms with E-state index in [4.69, 9.17) is 0 Å². The average molecular weight is 286 g/mol. The predicted molar refractivity (Wildman–Crippen MR) is 81.3 cm³/mol. The van der Waals surface area contributed by atoms with Crippen LogP contribution < -0.4 is 4.90 Å². The summed E-state index contributed by atoms with van der Waals surface area (Å²) in [5, 5.41) is 10.9. The van der Waals surface area contributed by atoms with Gasteiger partial charge in [-0.1, -0.05) is 6.92 Å². The molecule has 0 aromatic carbocycles. The lowest BCUT2D eigenvalue weighted by atomic mass is 10.0. The van der Waals surface area contributed by atoms with Gasteiger partial charge in [0.25, 0.3) is 5.69 Å². The maximum Gasteiger partial charge on any atom is 0.290 e. The van der Waals surface area contributed by atoms with E-state index in [-0.39, 0.29) is 11.7 Å². The summed E-state index contributed by atoms with van der Waals surface area (Å²) in [6.07, 6.45) is 5.75. The average Bonchev–Trinajstić information content (AvgIpc) is 2.48. The first-order valence-corrected chi connectivity index (χ1v) is 6.78. The fourth-order valence-corrected chi connectivity index (χ4v) is 2.40. The summed E-state index contributed by atoms with van der Waals surface area (Å²) in [4.78, 5) is 20.7. The molecule has 2 heterocycles. The van der Waals surface area contributed by atoms with Crippen LogP contribution in [0, 0.1) is 17.0 Å². The van der Waals surface area contributed by atoms with Gasteiger partial charge in [-0.15, -0.1) is 0 Å². The van der Waals surface area contributed by atoms with Crippen LogP contribution in [0.4, 0.5) is 11.5 Å². The highest BCUT2D eigenvalue weighted by molar-refractivity contribution is 5.49. The normalized spacial score (nSPS) is 12.0. The number of nitrogens with zero attached hydrogens (tertiary/aromatic N) is 4. The van der Waals surface area contributed by atoms with Gasteiger partial charge in [-0.3, -0.25) is 15.1 Å². The Balaban J connectivity index is 2.32. The minimum absolute atomic E-state index is 0.0455. The zero-order chi connectivity index (χ0) is 15.4. The van der Waals surface area contributed by atoms with Crippen LogP contribution in [-0.2, 0) is 0 Å². The summed E-state index contributed by atoms with van der Waals surface area (Å²) < 4.78 is 0. The van der Waals surface area contributed by atoms with E-state index in [9.17, 15) is 10.1 Å². The molecular weight excluding hydrogens is 268 g/mol. The third kappa shape index (κ3) is 3.16. The number of hydrogen-bond acceptors (Lipinski definition) is 5. The van der Waals surface area contributed by atoms with Crippen LogP contribution in [0.2, 0.25) is 0 Å². The van der Waals surface area contributed by atoms with Crippen LogP contribution >= 0.6 is 0 Å². The van der Waals surface area contributed by atoms with E-state index in [1.165, 1.54) is 6.20 Å². The van der Waals surface area contributed by atoms with E-state index in [1.807, 2.05) is 24.1 Å². The lowest BCUT2D eigenvalue weighted by molar-refractivity contribution is -0.385. The lowest BCUT2D eigenvalue weighted by Gasteiger charge is -2.28. The van der Waals surface area contributed by atoms with Crippen molar-refractivity contribution in [3.8, 4) is 0 Å². The molecule has 21 heavy (non-hydrogen) atoms. The first-order chi connectivity index (χ1) is 10.0. The van der Waals surface area contributed by atoms with E-state index in [0.29, 0.717) is 5.56 Å². The van der Waals surface area contributed by atoms with Gasteiger partial charge in [-0.2, -0.15) is 0 Å². The highest BCUT2D eigenvalue weighted by Gasteiger charge is 2.19. The van der Waals surface area contributed by atoms with Gasteiger partial charge in [0.15, 0.2) is 0 Å². The van der Waals surface area contributed by atoms with E-state index in [1.54, 1.807) is 25.4 Å². The molecule has 110 valence electrons. The van der Waals surface area contributed by atoms with Gasteiger partial charge in [0, 0.05) is 25.0 Å². The summed E-state index contributed by atoms with van der Waals surface area (Å²) in [6, 6.07) is 5.86. The van der Waals surface area contributed by atoms with Crippen molar-refractivity contribution in [1.29, 1.82) is 0 Å². The molecule has 2 rings (SSSR count). The Morgan fingerprint density at radius 1 is 1.38 bits per heavy atom. The molecule has 0 aliphatic heterocycles. The zero-order valence-electron chi connectivity index (χ0n) is 12.4. The third-order valence-corrected chi connectivity index (χ3v) is 3.57. The van der Waals surface area contributed by atoms with Gasteiger partial charge >= 0.3 is 0 Å². The molecule has 0 saturated heterocycles. The van der Waals surface area contributed by atoms with Gasteiger partial charge in [0.1, 0.15) is 12.0 Å². The van der Waals surface area contributed by atoms with Crippen LogP contribution in [0.3, 0.4) is 0 Å². The van der Waals surface area contributed by atoms with Crippen LogP contribution in [0.1, 0.15) is 30.5 Å². The van der Waals surface area contributed by atoms with E-state index in [2.05, 4.69) is 16.9 Å². The predicted octanol–water partition coefficient (Wildman–Crippen LogP) is 3.28. The van der Waals surface area contributed by atoms with E-state index in [0.717, 1.165) is 17.8 Å². The van der Waals surface area contributed by atoms with Crippen molar-refractivity contribution < 1.29 is 4.92 Å². The summed E-state index contributed by atoms with van der Waals surface area (Å²) in [7, 11) is 1.95. The number of aromatic nitrogens is 2. The maximum absolute atomic E-state index is 10.9. The van der Waals surface area contributed by atoms with Crippen molar-refractivity contribution in [2.45, 2.75) is 26.3 Å². The molecule has 0 aliphatic carbocycles. The molecule has 0 saturated carbocycles. The molecule has 0 fully saturated rings. The molecule has 2 aromatic heterocycles. The SMILES string of the molecule is CCC(c1ccncc1)N(C)c1cc(C)c([N+](=O)[O-])cn1. The van der Waals surface area contributed by atoms with Crippen molar-refractivity contribution in [2.24, 2.45) is 0 Å². The van der Waals surface area contributed by atoms with Crippen LogP contribution in [0.25, 0.3) is 0 Å². The van der Waals surface area contributed by atoms with Gasteiger partial charge in [0.2, 0.25) is 0 Å². The van der Waals surface area contributed by atoms with Gasteiger partial charge in [-0.25, -0.2) is 4.98 Å². The Kier molecular flexibility index (Phi) is 4.47. The summed E-state index contributed by atoms with van der Waals surface area (Å²) in [5.74, 6) is 0.724. The Bertz CT molecular complexity index is 631. The molecule has 6 nitrogen and oxygen atoms in total. The number of pyridine rings is 2. The molecule has 1 unspecified atom stereocenters. The molecular formula is C15H18N4O2. The van der Waals surface area contributed by atoms with Crippen molar-refractivity contribution in [3.05, 3.63) is 58.0 Å². The zero-order valence-corrected chi connectivity index (χ0v) is 12.4. The molecule has 0 spiro atoms. The summed E-state index contributed by atoms with van der Waals surface area (Å²) >= 11 is 0. The third-order valence-electron chi connectivity index (χ3n) is 3.57. The molecule has 2 aromatic rings. The van der Waals surface area contributed by atoms with Gasteiger partial charge < -0.3 is 4.90 Å². The highest BCUT2D eigenvalue weighted by atomic mass is 16.6. The first-order valence-electron chi connectivity index (χ1n) is 6.78. The Hall–Kier alpha value is -2.50. The van der Waals surface area contributed by atoms with Crippen LogP contribution in [-0.4, -0.2) is 21.9 Å². The number of nitro groups is 1. The van der Waals surface area contributed by atoms with Crippen molar-refractivity contribution in [1.82, 2.24) is 9.97 Å². The summed E-state index contributed by atoms with van der Waals surface area (Å²) in [6.45, 7) is 3.82. The van der Waals surface area contributed by atoms with Crippen molar-refractivity contribution in [3.63, 3.8) is 0 Å². The highest BCUT2D eigenvalue weighted by Crippen LogP contribution is 2.28. The second-order valence-corrected chi connectivity index (χ2v) is 4.90. The van der Waals surface area contributed by atoms with Gasteiger partial charge in [-0.05, 0) is 37.1 Å². The summed E-state index contributed by atoms with van der Waals surface area (Å²) in [5.41, 5.74) is 1.80.